The van der Waals surface area contributed by atoms with Crippen LogP contribution >= 0.6 is 0 Å². The topological polar surface area (TPSA) is 12.0 Å². The van der Waals surface area contributed by atoms with E-state index in [1.54, 1.807) is 0 Å². The van der Waals surface area contributed by atoms with Gasteiger partial charge in [0.2, 0.25) is 0 Å². The van der Waals surface area contributed by atoms with E-state index in [4.69, 9.17) is 0 Å². The minimum Gasteiger partial charge on any atom is -0.316 e. The molecule has 0 bridgehead atoms. The van der Waals surface area contributed by atoms with Gasteiger partial charge in [0.25, 0.3) is 0 Å². The van der Waals surface area contributed by atoms with Gasteiger partial charge in [0.15, 0.2) is 0 Å². The molecule has 0 aromatic rings. The highest BCUT2D eigenvalue weighted by atomic mass is 14.9. The molecule has 0 aliphatic carbocycles. The molecule has 1 fully saturated rings. The fourth-order valence-electron chi connectivity index (χ4n) is 2.03. The first-order chi connectivity index (χ1) is 5.93. The van der Waals surface area contributed by atoms with Crippen molar-refractivity contribution < 1.29 is 0 Å². The average molecular weight is 169 g/mol. The van der Waals surface area contributed by atoms with Gasteiger partial charge in [-0.1, -0.05) is 32.6 Å². The summed E-state index contributed by atoms with van der Waals surface area (Å²) in [7, 11) is 0. The second-order valence-electron chi connectivity index (χ2n) is 4.06. The second-order valence-corrected chi connectivity index (χ2v) is 4.06. The average Bonchev–Trinajstić information content (AvgIpc) is 2.14. The maximum atomic E-state index is 3.48. The second kappa shape index (κ2) is 6.47. The van der Waals surface area contributed by atoms with Crippen molar-refractivity contribution >= 4 is 0 Å². The highest BCUT2D eigenvalue weighted by Gasteiger charge is 2.11. The van der Waals surface area contributed by atoms with Gasteiger partial charge in [0.1, 0.15) is 0 Å². The van der Waals surface area contributed by atoms with Crippen LogP contribution in [0.2, 0.25) is 0 Å². The number of hydrogen-bond acceptors (Lipinski definition) is 1. The predicted molar refractivity (Wildman–Crippen MR) is 54.4 cm³/mol. The number of nitrogens with one attached hydrogen (secondary N) is 1. The third-order valence-corrected chi connectivity index (χ3v) is 2.86. The molecule has 0 aromatic heterocycles. The third-order valence-electron chi connectivity index (χ3n) is 2.86. The van der Waals surface area contributed by atoms with Gasteiger partial charge in [-0.3, -0.25) is 0 Å². The minimum absolute atomic E-state index is 0.996. The van der Waals surface area contributed by atoms with Crippen molar-refractivity contribution in [3.05, 3.63) is 0 Å². The van der Waals surface area contributed by atoms with Crippen LogP contribution in [-0.4, -0.2) is 13.1 Å². The Labute approximate surface area is 76.9 Å². The summed E-state index contributed by atoms with van der Waals surface area (Å²) in [6.07, 6.45) is 10.0. The summed E-state index contributed by atoms with van der Waals surface area (Å²) in [6.45, 7) is 4.82. The summed E-state index contributed by atoms with van der Waals surface area (Å²) in [5.41, 5.74) is 0. The first kappa shape index (κ1) is 10.0. The SMILES string of the molecule is CCCCCC[C@H]1CCCNC1. The first-order valence-electron chi connectivity index (χ1n) is 5.64. The van der Waals surface area contributed by atoms with Crippen molar-refractivity contribution in [2.24, 2.45) is 5.92 Å². The molecule has 0 radical (unpaired) electrons. The molecule has 1 N–H and O–H groups in total. The van der Waals surface area contributed by atoms with E-state index < -0.39 is 0 Å². The largest absolute Gasteiger partial charge is 0.316 e. The number of piperidine rings is 1. The van der Waals surface area contributed by atoms with E-state index >= 15 is 0 Å². The Morgan fingerprint density at radius 3 is 2.83 bits per heavy atom. The summed E-state index contributed by atoms with van der Waals surface area (Å²) in [5.74, 6) is 0.996. The summed E-state index contributed by atoms with van der Waals surface area (Å²) in [6, 6.07) is 0. The van der Waals surface area contributed by atoms with Crippen LogP contribution in [0, 0.1) is 5.92 Å². The molecular weight excluding hydrogens is 146 g/mol. The van der Waals surface area contributed by atoms with Crippen molar-refractivity contribution in [1.29, 1.82) is 0 Å². The highest BCUT2D eigenvalue weighted by Crippen LogP contribution is 2.17. The summed E-state index contributed by atoms with van der Waals surface area (Å²) in [5, 5.41) is 3.48. The van der Waals surface area contributed by atoms with Crippen LogP contribution in [0.4, 0.5) is 0 Å². The van der Waals surface area contributed by atoms with Crippen molar-refractivity contribution in [2.45, 2.75) is 51.9 Å². The van der Waals surface area contributed by atoms with E-state index in [2.05, 4.69) is 12.2 Å². The molecule has 12 heavy (non-hydrogen) atoms. The maximum Gasteiger partial charge on any atom is -0.00205 e. The van der Waals surface area contributed by atoms with Gasteiger partial charge in [0.05, 0.1) is 0 Å². The first-order valence-corrected chi connectivity index (χ1v) is 5.64. The lowest BCUT2D eigenvalue weighted by molar-refractivity contribution is 0.346. The molecule has 1 atom stereocenters. The summed E-state index contributed by atoms with van der Waals surface area (Å²) < 4.78 is 0. The van der Waals surface area contributed by atoms with Crippen molar-refractivity contribution in [1.82, 2.24) is 5.32 Å². The van der Waals surface area contributed by atoms with Gasteiger partial charge in [0, 0.05) is 0 Å². The minimum atomic E-state index is 0.996. The molecule has 0 amide bonds. The number of rotatable bonds is 5. The van der Waals surface area contributed by atoms with Crippen molar-refractivity contribution in [3.8, 4) is 0 Å². The van der Waals surface area contributed by atoms with Crippen molar-refractivity contribution in [3.63, 3.8) is 0 Å². The molecule has 1 rings (SSSR count). The molecule has 1 nitrogen and oxygen atoms in total. The van der Waals surface area contributed by atoms with Crippen LogP contribution in [0.5, 0.6) is 0 Å². The Balaban J connectivity index is 1.91. The Bertz CT molecular complexity index is 95.2. The predicted octanol–water partition coefficient (Wildman–Crippen LogP) is 2.96. The lowest BCUT2D eigenvalue weighted by Gasteiger charge is -2.22. The maximum absolute atomic E-state index is 3.48. The van der Waals surface area contributed by atoms with E-state index in [1.807, 2.05) is 0 Å². The summed E-state index contributed by atoms with van der Waals surface area (Å²) in [4.78, 5) is 0. The van der Waals surface area contributed by atoms with Gasteiger partial charge < -0.3 is 5.32 Å². The van der Waals surface area contributed by atoms with Gasteiger partial charge >= 0.3 is 0 Å². The molecule has 1 aliphatic heterocycles. The zero-order valence-electron chi connectivity index (χ0n) is 8.44. The molecule has 0 unspecified atom stereocenters. The summed E-state index contributed by atoms with van der Waals surface area (Å²) >= 11 is 0. The quantitative estimate of drug-likeness (QED) is 0.624. The lowest BCUT2D eigenvalue weighted by atomic mass is 9.93. The molecule has 0 spiro atoms. The number of hydrogen-bond donors (Lipinski definition) is 1. The van der Waals surface area contributed by atoms with E-state index in [1.165, 1.54) is 58.0 Å². The monoisotopic (exact) mass is 169 g/mol. The molecule has 72 valence electrons. The van der Waals surface area contributed by atoms with E-state index in [0.717, 1.165) is 5.92 Å². The van der Waals surface area contributed by atoms with Crippen molar-refractivity contribution in [2.75, 3.05) is 13.1 Å². The molecular formula is C11H23N. The fourth-order valence-corrected chi connectivity index (χ4v) is 2.03. The smallest absolute Gasteiger partial charge is 0.00205 e. The van der Waals surface area contributed by atoms with Crippen LogP contribution in [0.25, 0.3) is 0 Å². The van der Waals surface area contributed by atoms with E-state index in [0.29, 0.717) is 0 Å². The van der Waals surface area contributed by atoms with Crippen LogP contribution in [0.15, 0.2) is 0 Å². The molecule has 1 heteroatoms. The Hall–Kier alpha value is -0.0400. The standard InChI is InChI=1S/C11H23N/c1-2-3-4-5-7-11-8-6-9-12-10-11/h11-12H,2-10H2,1H3/t11-/m0/s1. The fraction of sp³-hybridized carbons (Fsp3) is 1.00. The van der Waals surface area contributed by atoms with Gasteiger partial charge in [-0.05, 0) is 38.3 Å². The number of unbranched alkanes of at least 4 members (excludes halogenated alkanes) is 3. The molecule has 1 aliphatic rings. The van der Waals surface area contributed by atoms with E-state index in [-0.39, 0.29) is 0 Å². The molecule has 0 aromatic carbocycles. The molecule has 1 heterocycles. The van der Waals surface area contributed by atoms with Gasteiger partial charge in [-0.25, -0.2) is 0 Å². The van der Waals surface area contributed by atoms with Crippen LogP contribution in [0.3, 0.4) is 0 Å². The van der Waals surface area contributed by atoms with E-state index in [9.17, 15) is 0 Å². The Morgan fingerprint density at radius 1 is 1.25 bits per heavy atom. The lowest BCUT2D eigenvalue weighted by Crippen LogP contribution is -2.29. The van der Waals surface area contributed by atoms with Gasteiger partial charge in [-0.15, -0.1) is 0 Å². The molecule has 1 saturated heterocycles. The zero-order valence-corrected chi connectivity index (χ0v) is 8.44. The zero-order chi connectivity index (χ0) is 8.65. The molecule has 0 saturated carbocycles. The normalized spacial score (nSPS) is 24.2. The highest BCUT2D eigenvalue weighted by molar-refractivity contribution is 4.68. The Morgan fingerprint density at radius 2 is 2.17 bits per heavy atom. The van der Waals surface area contributed by atoms with Crippen LogP contribution < -0.4 is 5.32 Å². The van der Waals surface area contributed by atoms with Crippen LogP contribution in [-0.2, 0) is 0 Å². The Kier molecular flexibility index (Phi) is 5.42. The van der Waals surface area contributed by atoms with Crippen LogP contribution in [0.1, 0.15) is 51.9 Å². The third kappa shape index (κ3) is 4.10. The van der Waals surface area contributed by atoms with Gasteiger partial charge in [-0.2, -0.15) is 0 Å².